The van der Waals surface area contributed by atoms with Gasteiger partial charge in [-0.2, -0.15) is 4.98 Å². The number of amides is 2. The van der Waals surface area contributed by atoms with Crippen molar-refractivity contribution in [1.82, 2.24) is 39.2 Å². The number of nitrogens with zero attached hydrogens (tertiary/aromatic N) is 8. The molecule has 1 atom stereocenters. The predicted molar refractivity (Wildman–Crippen MR) is 286 cm³/mol. The molecule has 1 unspecified atom stereocenters. The molecule has 4 aliphatic rings. The van der Waals surface area contributed by atoms with Crippen LogP contribution in [0.1, 0.15) is 88.2 Å². The van der Waals surface area contributed by atoms with Gasteiger partial charge in [0.25, 0.3) is 0 Å². The average molecular weight is 1050 g/mol. The number of para-hydroxylation sites is 1. The first-order valence-electron chi connectivity index (χ1n) is 25.5. The van der Waals surface area contributed by atoms with E-state index in [0.29, 0.717) is 41.0 Å². The summed E-state index contributed by atoms with van der Waals surface area (Å²) in [4.78, 5) is 60.9. The van der Waals surface area contributed by atoms with Crippen molar-refractivity contribution in [1.29, 1.82) is 0 Å². The highest BCUT2D eigenvalue weighted by Crippen LogP contribution is 2.43. The van der Waals surface area contributed by atoms with Crippen LogP contribution in [0.5, 0.6) is 5.75 Å². The van der Waals surface area contributed by atoms with Crippen LogP contribution in [0.25, 0.3) is 21.9 Å². The van der Waals surface area contributed by atoms with Gasteiger partial charge in [0.05, 0.1) is 39.0 Å². The molecule has 71 heavy (non-hydrogen) atoms. The van der Waals surface area contributed by atoms with Crippen LogP contribution in [-0.4, -0.2) is 117 Å². The molecule has 18 heteroatoms. The molecule has 0 radical (unpaired) electrons. The molecule has 3 N–H and O–H groups in total. The molecule has 1 aliphatic carbocycles. The number of anilines is 5. The van der Waals surface area contributed by atoms with Crippen molar-refractivity contribution in [3.8, 4) is 5.75 Å². The lowest BCUT2D eigenvalue weighted by atomic mass is 9.99. The third-order valence-corrected chi connectivity index (χ3v) is 16.9. The number of nitrogens with one attached hydrogen (secondary N) is 3. The molecule has 3 aliphatic heterocycles. The zero-order valence-electron chi connectivity index (χ0n) is 41.5. The molecular weight excluding hydrogens is 982 g/mol. The Bertz CT molecular complexity index is 3110. The summed E-state index contributed by atoms with van der Waals surface area (Å²) in [5.74, 6) is 1.02. The fourth-order valence-electron chi connectivity index (χ4n) is 11.0. The minimum atomic E-state index is -2.75. The van der Waals surface area contributed by atoms with E-state index in [0.717, 1.165) is 141 Å². The van der Waals surface area contributed by atoms with Crippen molar-refractivity contribution in [3.63, 3.8) is 0 Å². The minimum Gasteiger partial charge on any atom is -0.492 e. The van der Waals surface area contributed by atoms with E-state index in [9.17, 15) is 18.9 Å². The number of imidazole rings is 1. The van der Waals surface area contributed by atoms with Crippen molar-refractivity contribution in [2.75, 3.05) is 81.3 Å². The highest BCUT2D eigenvalue weighted by Gasteiger charge is 2.36. The van der Waals surface area contributed by atoms with Crippen LogP contribution in [0.3, 0.4) is 0 Å². The van der Waals surface area contributed by atoms with Gasteiger partial charge in [0, 0.05) is 98.7 Å². The first-order chi connectivity index (χ1) is 34.3. The van der Waals surface area contributed by atoms with E-state index in [1.165, 1.54) is 11.3 Å². The average Bonchev–Trinajstić information content (AvgIpc) is 4.16. The number of rotatable bonds is 16. The lowest BCUT2D eigenvalue weighted by Gasteiger charge is -2.43. The number of piperazine rings is 1. The third kappa shape index (κ3) is 10.1. The van der Waals surface area contributed by atoms with E-state index in [1.807, 2.05) is 47.9 Å². The Kier molecular flexibility index (Phi) is 14.1. The first-order valence-corrected chi connectivity index (χ1v) is 28.8. The van der Waals surface area contributed by atoms with Crippen LogP contribution in [0, 0.1) is 0 Å². The van der Waals surface area contributed by atoms with Crippen LogP contribution in [0.2, 0.25) is 0 Å². The Morgan fingerprint density at radius 1 is 0.817 bits per heavy atom. The SMILES string of the molecule is CCOc1cc(N2CCC(N3CCN(CCc4cccc5c4n(C4CC4)c(=O)n5C4CCC(=O)NC4=O)CC3)CC2)c(CC)cc1Nc1ncc(Br)c(Nc2ccc3nc(CC)ccc3c2P(C)(C)=O)n1. The van der Waals surface area contributed by atoms with E-state index < -0.39 is 19.1 Å². The number of fused-ring (bicyclic) bond motifs is 2. The molecule has 10 rings (SSSR count). The van der Waals surface area contributed by atoms with Gasteiger partial charge >= 0.3 is 5.69 Å². The van der Waals surface area contributed by atoms with Crippen molar-refractivity contribution in [3.05, 3.63) is 92.6 Å². The zero-order valence-corrected chi connectivity index (χ0v) is 44.0. The van der Waals surface area contributed by atoms with E-state index >= 15 is 0 Å². The normalized spacial score (nSPS) is 18.6. The van der Waals surface area contributed by atoms with Gasteiger partial charge < -0.3 is 29.7 Å². The lowest BCUT2D eigenvalue weighted by molar-refractivity contribution is -0.135. The van der Waals surface area contributed by atoms with Crippen LogP contribution >= 0.6 is 23.1 Å². The Morgan fingerprint density at radius 2 is 1.61 bits per heavy atom. The van der Waals surface area contributed by atoms with Crippen molar-refractivity contribution in [2.24, 2.45) is 0 Å². The van der Waals surface area contributed by atoms with Gasteiger partial charge in [0.15, 0.2) is 0 Å². The van der Waals surface area contributed by atoms with Crippen molar-refractivity contribution < 1.29 is 18.9 Å². The second-order valence-corrected chi connectivity index (χ2v) is 23.8. The highest BCUT2D eigenvalue weighted by atomic mass is 79.9. The fraction of sp³-hybridized carbons (Fsp3) is 0.472. The van der Waals surface area contributed by atoms with Crippen LogP contribution in [0.15, 0.2) is 70.1 Å². The van der Waals surface area contributed by atoms with E-state index in [4.69, 9.17) is 14.7 Å². The molecule has 16 nitrogen and oxygen atoms in total. The number of aryl methyl sites for hydroxylation is 2. The summed E-state index contributed by atoms with van der Waals surface area (Å²) in [5.41, 5.74) is 8.48. The Hall–Kier alpha value is -5.61. The molecule has 4 fully saturated rings. The Balaban J connectivity index is 0.778. The number of aromatic nitrogens is 5. The molecule has 0 spiro atoms. The monoisotopic (exact) mass is 1050 g/mol. The van der Waals surface area contributed by atoms with Crippen LogP contribution < -0.4 is 36.6 Å². The molecule has 374 valence electrons. The van der Waals surface area contributed by atoms with Gasteiger partial charge in [-0.15, -0.1) is 0 Å². The number of piperidine rings is 2. The van der Waals surface area contributed by atoms with E-state index in [1.54, 1.807) is 24.1 Å². The minimum absolute atomic E-state index is 0.141. The van der Waals surface area contributed by atoms with Gasteiger partial charge in [-0.1, -0.05) is 32.0 Å². The standard InChI is InChI=1S/C53H65BrN11O5P/c1-6-33-30-42(58-52-55-32-39(54)50(60-52)57-41-17-16-40-38(49(41)71(4,5)69)15-12-35(7-2)56-40)46(70-8-3)31-45(33)63-24-21-36(22-25-63)62-28-26-61(27-29-62)23-20-34-10-9-11-43-48(34)64(37-13-14-37)53(68)65(43)44-18-19-47(66)59-51(44)67/h9-12,15-17,30-32,36-37,44H,6-8,13-14,18-29H2,1-5H3,(H,59,66,67)(H2,55,57,58,60). The summed E-state index contributed by atoms with van der Waals surface area (Å²) >= 11 is 3.65. The maximum atomic E-state index is 13.9. The van der Waals surface area contributed by atoms with Crippen LogP contribution in [0.4, 0.5) is 28.8 Å². The second-order valence-electron chi connectivity index (χ2n) is 19.8. The maximum Gasteiger partial charge on any atom is 0.330 e. The van der Waals surface area contributed by atoms with Crippen molar-refractivity contribution in [2.45, 2.75) is 96.7 Å². The largest absolute Gasteiger partial charge is 0.492 e. The lowest BCUT2D eigenvalue weighted by Crippen LogP contribution is -2.53. The quantitative estimate of drug-likeness (QED) is 0.0625. The highest BCUT2D eigenvalue weighted by molar-refractivity contribution is 9.10. The summed E-state index contributed by atoms with van der Waals surface area (Å²) in [6, 6.07) is 18.4. The number of carbonyl (C=O) groups excluding carboxylic acids is 2. The smallest absolute Gasteiger partial charge is 0.330 e. The third-order valence-electron chi connectivity index (χ3n) is 14.8. The topological polar surface area (TPSA) is 172 Å². The molecule has 2 amide bonds. The first kappa shape index (κ1) is 49.0. The van der Waals surface area contributed by atoms with Gasteiger partial charge in [-0.05, 0) is 129 Å². The molecule has 6 heterocycles. The summed E-state index contributed by atoms with van der Waals surface area (Å²) < 4.78 is 24.3. The Morgan fingerprint density at radius 3 is 2.31 bits per heavy atom. The van der Waals surface area contributed by atoms with Crippen LogP contribution in [-0.2, 0) is 33.4 Å². The van der Waals surface area contributed by atoms with Gasteiger partial charge in [-0.25, -0.2) is 9.78 Å². The van der Waals surface area contributed by atoms with E-state index in [2.05, 4.69) is 83.6 Å². The summed E-state index contributed by atoms with van der Waals surface area (Å²) in [7, 11) is -2.75. The molecule has 0 bridgehead atoms. The van der Waals surface area contributed by atoms with E-state index in [-0.39, 0.29) is 24.1 Å². The molecule has 6 aromatic rings. The molecule has 1 saturated carbocycles. The Labute approximate surface area is 423 Å². The van der Waals surface area contributed by atoms with Gasteiger partial charge in [-0.3, -0.25) is 33.9 Å². The summed E-state index contributed by atoms with van der Waals surface area (Å²) in [6.45, 7) is 17.2. The maximum absolute atomic E-state index is 13.9. The molecular formula is C53H65BrN11O5P. The summed E-state index contributed by atoms with van der Waals surface area (Å²) in [6.07, 6.45) is 8.87. The summed E-state index contributed by atoms with van der Waals surface area (Å²) in [5, 5.41) is 11.0. The number of benzene rings is 3. The number of ether oxygens (including phenoxy) is 1. The number of imide groups is 1. The molecule has 3 aromatic heterocycles. The van der Waals surface area contributed by atoms with Gasteiger partial charge in [0.1, 0.15) is 24.8 Å². The second kappa shape index (κ2) is 20.5. The zero-order chi connectivity index (χ0) is 49.6. The number of halogens is 1. The number of carbonyl (C=O) groups is 2. The number of hydrogen-bond acceptors (Lipinski definition) is 13. The number of hydrogen-bond donors (Lipinski definition) is 3. The van der Waals surface area contributed by atoms with Crippen molar-refractivity contribution >= 4 is 91.0 Å². The predicted octanol–water partition coefficient (Wildman–Crippen LogP) is 8.30. The fourth-order valence-corrected chi connectivity index (χ4v) is 12.8. The molecule has 3 aromatic carbocycles. The number of pyridine rings is 1. The van der Waals surface area contributed by atoms with Gasteiger partial charge in [0.2, 0.25) is 17.8 Å². The molecule has 3 saturated heterocycles.